The highest BCUT2D eigenvalue weighted by atomic mass is 16.5. The Morgan fingerprint density at radius 3 is 2.45 bits per heavy atom. The highest BCUT2D eigenvalue weighted by Crippen LogP contribution is 2.29. The van der Waals surface area contributed by atoms with E-state index in [0.717, 1.165) is 30.2 Å². The van der Waals surface area contributed by atoms with E-state index in [1.807, 2.05) is 31.2 Å². The standard InChI is InChI=1S/C23H31N3O3/c1-17(20-15-19(28-2)11-12-22(20)29-3)25-23(27)24-16-21(26-13-7-8-14-26)18-9-5-4-6-10-18/h4-6,9-12,15,17,21H,7-8,13-14,16H2,1-3H3,(H2,24,25,27). The van der Waals surface area contributed by atoms with Crippen LogP contribution in [0.4, 0.5) is 4.79 Å². The summed E-state index contributed by atoms with van der Waals surface area (Å²) >= 11 is 0. The van der Waals surface area contributed by atoms with Gasteiger partial charge in [0.15, 0.2) is 0 Å². The number of urea groups is 1. The first-order valence-corrected chi connectivity index (χ1v) is 10.2. The molecule has 2 atom stereocenters. The fourth-order valence-corrected chi connectivity index (χ4v) is 3.88. The molecule has 6 nitrogen and oxygen atoms in total. The number of carbonyl (C=O) groups excluding carboxylic acids is 1. The summed E-state index contributed by atoms with van der Waals surface area (Å²) in [7, 11) is 3.25. The number of rotatable bonds is 8. The third-order valence-corrected chi connectivity index (χ3v) is 5.47. The maximum Gasteiger partial charge on any atom is 0.315 e. The summed E-state index contributed by atoms with van der Waals surface area (Å²) in [6.07, 6.45) is 2.42. The molecule has 6 heteroatoms. The van der Waals surface area contributed by atoms with Gasteiger partial charge < -0.3 is 20.1 Å². The molecule has 2 aromatic rings. The van der Waals surface area contributed by atoms with Gasteiger partial charge in [0.05, 0.1) is 26.3 Å². The molecular formula is C23H31N3O3. The number of ether oxygens (including phenoxy) is 2. The molecule has 2 aromatic carbocycles. The highest BCUT2D eigenvalue weighted by Gasteiger charge is 2.24. The molecule has 29 heavy (non-hydrogen) atoms. The zero-order valence-electron chi connectivity index (χ0n) is 17.5. The van der Waals surface area contributed by atoms with Gasteiger partial charge in [0.1, 0.15) is 11.5 Å². The van der Waals surface area contributed by atoms with E-state index in [1.165, 1.54) is 18.4 Å². The van der Waals surface area contributed by atoms with Crippen LogP contribution in [0.25, 0.3) is 0 Å². The molecule has 156 valence electrons. The van der Waals surface area contributed by atoms with Gasteiger partial charge in [-0.2, -0.15) is 0 Å². The molecule has 0 spiro atoms. The lowest BCUT2D eigenvalue weighted by Gasteiger charge is -2.28. The van der Waals surface area contributed by atoms with Gasteiger partial charge in [0, 0.05) is 12.1 Å². The first-order chi connectivity index (χ1) is 14.1. The highest BCUT2D eigenvalue weighted by molar-refractivity contribution is 5.74. The lowest BCUT2D eigenvalue weighted by molar-refractivity contribution is 0.219. The normalized spacial score (nSPS) is 16.1. The van der Waals surface area contributed by atoms with E-state index in [1.54, 1.807) is 14.2 Å². The number of benzene rings is 2. The molecular weight excluding hydrogens is 366 g/mol. The van der Waals surface area contributed by atoms with Gasteiger partial charge in [0.25, 0.3) is 0 Å². The number of nitrogens with one attached hydrogen (secondary N) is 2. The average Bonchev–Trinajstić information content (AvgIpc) is 3.28. The minimum absolute atomic E-state index is 0.186. The van der Waals surface area contributed by atoms with Crippen molar-refractivity contribution < 1.29 is 14.3 Å². The van der Waals surface area contributed by atoms with Crippen LogP contribution in [-0.2, 0) is 0 Å². The molecule has 0 aliphatic carbocycles. The molecule has 0 saturated carbocycles. The van der Waals surface area contributed by atoms with E-state index in [0.29, 0.717) is 6.54 Å². The molecule has 1 fully saturated rings. The fourth-order valence-electron chi connectivity index (χ4n) is 3.88. The Morgan fingerprint density at radius 1 is 1.07 bits per heavy atom. The second-order valence-electron chi connectivity index (χ2n) is 7.35. The number of hydrogen-bond acceptors (Lipinski definition) is 4. The van der Waals surface area contributed by atoms with Crippen molar-refractivity contribution in [3.05, 3.63) is 59.7 Å². The zero-order valence-corrected chi connectivity index (χ0v) is 17.5. The first kappa shape index (κ1) is 21.0. The van der Waals surface area contributed by atoms with Gasteiger partial charge in [-0.3, -0.25) is 4.90 Å². The molecule has 1 saturated heterocycles. The Balaban J connectivity index is 1.63. The van der Waals surface area contributed by atoms with Crippen LogP contribution in [0, 0.1) is 0 Å². The Kier molecular flexibility index (Phi) is 7.36. The predicted molar refractivity (Wildman–Crippen MR) is 114 cm³/mol. The van der Waals surface area contributed by atoms with Gasteiger partial charge in [-0.15, -0.1) is 0 Å². The number of methoxy groups -OCH3 is 2. The van der Waals surface area contributed by atoms with E-state index < -0.39 is 0 Å². The Labute approximate surface area is 173 Å². The molecule has 2 amide bonds. The van der Waals surface area contributed by atoms with Crippen LogP contribution in [0.2, 0.25) is 0 Å². The van der Waals surface area contributed by atoms with Gasteiger partial charge in [-0.25, -0.2) is 4.79 Å². The van der Waals surface area contributed by atoms with Crippen LogP contribution in [0.1, 0.15) is 43.0 Å². The van der Waals surface area contributed by atoms with Gasteiger partial charge in [-0.1, -0.05) is 30.3 Å². The average molecular weight is 398 g/mol. The topological polar surface area (TPSA) is 62.8 Å². The van der Waals surface area contributed by atoms with E-state index in [-0.39, 0.29) is 18.1 Å². The first-order valence-electron chi connectivity index (χ1n) is 10.2. The van der Waals surface area contributed by atoms with E-state index in [9.17, 15) is 4.79 Å². The summed E-state index contributed by atoms with van der Waals surface area (Å²) in [6.45, 7) is 4.64. The molecule has 0 aromatic heterocycles. The van der Waals surface area contributed by atoms with Crippen LogP contribution >= 0.6 is 0 Å². The van der Waals surface area contributed by atoms with Crippen molar-refractivity contribution >= 4 is 6.03 Å². The summed E-state index contributed by atoms with van der Waals surface area (Å²) in [5, 5.41) is 6.08. The second kappa shape index (κ2) is 10.2. The van der Waals surface area contributed by atoms with Crippen molar-refractivity contribution in [3.63, 3.8) is 0 Å². The molecule has 1 aliphatic heterocycles. The predicted octanol–water partition coefficient (Wildman–Crippen LogP) is 3.90. The summed E-state index contributed by atoms with van der Waals surface area (Å²) < 4.78 is 10.7. The van der Waals surface area contributed by atoms with Crippen molar-refractivity contribution in [1.29, 1.82) is 0 Å². The second-order valence-corrected chi connectivity index (χ2v) is 7.35. The summed E-state index contributed by atoms with van der Waals surface area (Å²) in [4.78, 5) is 15.1. The molecule has 2 N–H and O–H groups in total. The molecule has 1 heterocycles. The number of hydrogen-bond donors (Lipinski definition) is 2. The number of carbonyl (C=O) groups is 1. The maximum absolute atomic E-state index is 12.6. The van der Waals surface area contributed by atoms with Crippen LogP contribution in [0.15, 0.2) is 48.5 Å². The van der Waals surface area contributed by atoms with Crippen LogP contribution in [-0.4, -0.2) is 44.8 Å². The fraction of sp³-hybridized carbons (Fsp3) is 0.435. The quantitative estimate of drug-likeness (QED) is 0.709. The van der Waals surface area contributed by atoms with Gasteiger partial charge >= 0.3 is 6.03 Å². The Hall–Kier alpha value is -2.73. The molecule has 2 unspecified atom stereocenters. The number of nitrogens with zero attached hydrogens (tertiary/aromatic N) is 1. The van der Waals surface area contributed by atoms with Crippen LogP contribution in [0.5, 0.6) is 11.5 Å². The lowest BCUT2D eigenvalue weighted by atomic mass is 10.1. The van der Waals surface area contributed by atoms with Crippen LogP contribution < -0.4 is 20.1 Å². The third-order valence-electron chi connectivity index (χ3n) is 5.47. The van der Waals surface area contributed by atoms with Crippen molar-refractivity contribution in [2.45, 2.75) is 31.8 Å². The van der Waals surface area contributed by atoms with Crippen molar-refractivity contribution in [2.24, 2.45) is 0 Å². The van der Waals surface area contributed by atoms with Gasteiger partial charge in [-0.05, 0) is 56.6 Å². The summed E-state index contributed by atoms with van der Waals surface area (Å²) in [5.41, 5.74) is 2.11. The Morgan fingerprint density at radius 2 is 1.79 bits per heavy atom. The molecule has 3 rings (SSSR count). The van der Waals surface area contributed by atoms with E-state index in [2.05, 4.69) is 39.8 Å². The van der Waals surface area contributed by atoms with Crippen molar-refractivity contribution in [2.75, 3.05) is 33.9 Å². The third kappa shape index (κ3) is 5.41. The number of amides is 2. The smallest absolute Gasteiger partial charge is 0.315 e. The zero-order chi connectivity index (χ0) is 20.6. The van der Waals surface area contributed by atoms with E-state index >= 15 is 0 Å². The van der Waals surface area contributed by atoms with E-state index in [4.69, 9.17) is 9.47 Å². The largest absolute Gasteiger partial charge is 0.497 e. The number of likely N-dealkylation sites (tertiary alicyclic amines) is 1. The maximum atomic E-state index is 12.6. The minimum atomic E-state index is -0.220. The molecule has 0 radical (unpaired) electrons. The van der Waals surface area contributed by atoms with Gasteiger partial charge in [0.2, 0.25) is 0 Å². The minimum Gasteiger partial charge on any atom is -0.497 e. The van der Waals surface area contributed by atoms with Crippen LogP contribution in [0.3, 0.4) is 0 Å². The van der Waals surface area contributed by atoms with Crippen molar-refractivity contribution in [3.8, 4) is 11.5 Å². The van der Waals surface area contributed by atoms with Crippen molar-refractivity contribution in [1.82, 2.24) is 15.5 Å². The summed E-state index contributed by atoms with van der Waals surface area (Å²) in [5.74, 6) is 1.45. The molecule has 1 aliphatic rings. The summed E-state index contributed by atoms with van der Waals surface area (Å²) in [6, 6.07) is 15.7. The Bertz CT molecular complexity index is 791. The monoisotopic (exact) mass is 397 g/mol. The lowest BCUT2D eigenvalue weighted by Crippen LogP contribution is -2.42. The SMILES string of the molecule is COc1ccc(OC)c(C(C)NC(=O)NCC(c2ccccc2)N2CCCC2)c1. The molecule has 0 bridgehead atoms.